The summed E-state index contributed by atoms with van der Waals surface area (Å²) in [6.45, 7) is 1.98. The normalized spacial score (nSPS) is 13.9. The zero-order valence-electron chi connectivity index (χ0n) is 11.1. The van der Waals surface area contributed by atoms with Crippen molar-refractivity contribution in [3.8, 4) is 11.1 Å². The van der Waals surface area contributed by atoms with Gasteiger partial charge in [-0.25, -0.2) is 9.50 Å². The van der Waals surface area contributed by atoms with E-state index in [1.165, 1.54) is 0 Å². The molecule has 3 aromatic rings. The highest BCUT2D eigenvalue weighted by Crippen LogP contribution is 2.33. The summed E-state index contributed by atoms with van der Waals surface area (Å²) >= 11 is 6.50. The molecule has 0 atom stereocenters. The molecule has 3 heterocycles. The van der Waals surface area contributed by atoms with E-state index in [-0.39, 0.29) is 0 Å². The number of rotatable bonds is 1. The quantitative estimate of drug-likeness (QED) is 0.644. The maximum absolute atomic E-state index is 6.50. The van der Waals surface area contributed by atoms with Crippen LogP contribution in [0.5, 0.6) is 0 Å². The summed E-state index contributed by atoms with van der Waals surface area (Å²) < 4.78 is 1.77. The van der Waals surface area contributed by atoms with Gasteiger partial charge in [0.1, 0.15) is 5.15 Å². The van der Waals surface area contributed by atoms with Crippen molar-refractivity contribution in [2.75, 3.05) is 0 Å². The van der Waals surface area contributed by atoms with Gasteiger partial charge in [0.15, 0.2) is 5.65 Å². The van der Waals surface area contributed by atoms with E-state index in [9.17, 15) is 0 Å². The van der Waals surface area contributed by atoms with Crippen LogP contribution in [-0.4, -0.2) is 19.6 Å². The summed E-state index contributed by atoms with van der Waals surface area (Å²) in [5, 5.41) is 5.27. The second-order valence-electron chi connectivity index (χ2n) is 5.12. The highest BCUT2D eigenvalue weighted by molar-refractivity contribution is 6.30. The summed E-state index contributed by atoms with van der Waals surface area (Å²) in [7, 11) is 0. The van der Waals surface area contributed by atoms with Gasteiger partial charge in [-0.3, -0.25) is 4.98 Å². The molecule has 1 aliphatic rings. The lowest BCUT2D eigenvalue weighted by Gasteiger charge is -2.05. The Kier molecular flexibility index (Phi) is 2.54. The Bertz CT molecular complexity index is 808. The third-order valence-electron chi connectivity index (χ3n) is 3.85. The van der Waals surface area contributed by atoms with Crippen LogP contribution in [0.25, 0.3) is 16.8 Å². The number of aryl methyl sites for hydroxylation is 2. The number of aromatic nitrogens is 4. The average molecular weight is 285 g/mol. The maximum atomic E-state index is 6.50. The Morgan fingerprint density at radius 1 is 1.30 bits per heavy atom. The fourth-order valence-electron chi connectivity index (χ4n) is 2.93. The van der Waals surface area contributed by atoms with Crippen LogP contribution in [-0.2, 0) is 12.8 Å². The van der Waals surface area contributed by atoms with Crippen LogP contribution >= 0.6 is 11.6 Å². The minimum Gasteiger partial charge on any atom is -0.264 e. The molecule has 0 spiro atoms. The van der Waals surface area contributed by atoms with Crippen LogP contribution in [0.15, 0.2) is 24.5 Å². The lowest BCUT2D eigenvalue weighted by atomic mass is 10.1. The van der Waals surface area contributed by atoms with Gasteiger partial charge in [0.2, 0.25) is 0 Å². The lowest BCUT2D eigenvalue weighted by molar-refractivity contribution is 0.896. The Labute approximate surface area is 121 Å². The molecule has 0 aliphatic heterocycles. The number of fused-ring (bicyclic) bond motifs is 2. The van der Waals surface area contributed by atoms with Crippen LogP contribution < -0.4 is 0 Å². The van der Waals surface area contributed by atoms with Crippen molar-refractivity contribution in [2.24, 2.45) is 0 Å². The minimum atomic E-state index is 0.709. The molecule has 0 fully saturated rings. The van der Waals surface area contributed by atoms with Gasteiger partial charge in [-0.15, -0.1) is 0 Å². The Morgan fingerprint density at radius 2 is 2.20 bits per heavy atom. The third-order valence-corrected chi connectivity index (χ3v) is 4.24. The van der Waals surface area contributed by atoms with E-state index in [2.05, 4.69) is 10.1 Å². The second kappa shape index (κ2) is 4.28. The number of pyridine rings is 1. The molecule has 0 saturated heterocycles. The Morgan fingerprint density at radius 3 is 3.00 bits per heavy atom. The highest BCUT2D eigenvalue weighted by Gasteiger charge is 2.22. The summed E-state index contributed by atoms with van der Waals surface area (Å²) in [5.41, 5.74) is 6.08. The first kappa shape index (κ1) is 11.9. The molecule has 0 amide bonds. The summed E-state index contributed by atoms with van der Waals surface area (Å²) in [5.74, 6) is 0. The van der Waals surface area contributed by atoms with Gasteiger partial charge in [0.05, 0.1) is 11.3 Å². The molecule has 4 nitrogen and oxygen atoms in total. The van der Waals surface area contributed by atoms with Crippen LogP contribution in [0.1, 0.15) is 23.4 Å². The van der Waals surface area contributed by atoms with Crippen molar-refractivity contribution in [3.05, 3.63) is 46.6 Å². The number of halogens is 1. The highest BCUT2D eigenvalue weighted by atomic mass is 35.5. The smallest absolute Gasteiger partial charge is 0.165 e. The predicted molar refractivity (Wildman–Crippen MR) is 78.0 cm³/mol. The van der Waals surface area contributed by atoms with E-state index in [1.54, 1.807) is 10.7 Å². The average Bonchev–Trinajstić information content (AvgIpc) is 3.04. The largest absolute Gasteiger partial charge is 0.264 e. The van der Waals surface area contributed by atoms with Gasteiger partial charge < -0.3 is 0 Å². The molecule has 0 aromatic carbocycles. The Hall–Kier alpha value is -1.94. The van der Waals surface area contributed by atoms with E-state index in [0.717, 1.165) is 53.0 Å². The van der Waals surface area contributed by atoms with Crippen molar-refractivity contribution in [1.82, 2.24) is 19.6 Å². The van der Waals surface area contributed by atoms with E-state index >= 15 is 0 Å². The third kappa shape index (κ3) is 1.58. The van der Waals surface area contributed by atoms with Gasteiger partial charge in [0, 0.05) is 29.2 Å². The monoisotopic (exact) mass is 284 g/mol. The SMILES string of the molecule is Cc1nn2c(Cl)c3c(nc2c1-c1cccnc1)CCC3. The molecule has 0 radical (unpaired) electrons. The molecule has 1 aliphatic carbocycles. The molecule has 0 unspecified atom stereocenters. The van der Waals surface area contributed by atoms with Crippen LogP contribution in [0.4, 0.5) is 0 Å². The molecule has 4 rings (SSSR count). The molecule has 5 heteroatoms. The topological polar surface area (TPSA) is 43.1 Å². The van der Waals surface area contributed by atoms with E-state index < -0.39 is 0 Å². The van der Waals surface area contributed by atoms with Crippen molar-refractivity contribution in [1.29, 1.82) is 0 Å². The van der Waals surface area contributed by atoms with Crippen molar-refractivity contribution in [2.45, 2.75) is 26.2 Å². The van der Waals surface area contributed by atoms with Gasteiger partial charge >= 0.3 is 0 Å². The molecule has 0 bridgehead atoms. The summed E-state index contributed by atoms with van der Waals surface area (Å²) in [6, 6.07) is 3.95. The molecule has 20 heavy (non-hydrogen) atoms. The van der Waals surface area contributed by atoms with Gasteiger partial charge in [-0.1, -0.05) is 17.7 Å². The molecule has 100 valence electrons. The first-order valence-corrected chi connectivity index (χ1v) is 7.10. The standard InChI is InChI=1S/C15H13ClN4/c1-9-13(10-4-3-7-17-8-10)15-18-12-6-2-5-11(12)14(16)20(15)19-9/h3-4,7-8H,2,5-6H2,1H3. The van der Waals surface area contributed by atoms with Crippen LogP contribution in [0.2, 0.25) is 5.15 Å². The first-order chi connectivity index (χ1) is 9.75. The molecule has 0 saturated carbocycles. The fourth-order valence-corrected chi connectivity index (χ4v) is 3.25. The van der Waals surface area contributed by atoms with Crippen LogP contribution in [0, 0.1) is 6.92 Å². The predicted octanol–water partition coefficient (Wildman–Crippen LogP) is 3.24. The Balaban J connectivity index is 2.08. The minimum absolute atomic E-state index is 0.709. The second-order valence-corrected chi connectivity index (χ2v) is 5.48. The molecule has 0 N–H and O–H groups in total. The zero-order chi connectivity index (χ0) is 13.7. The fraction of sp³-hybridized carbons (Fsp3) is 0.267. The summed E-state index contributed by atoms with van der Waals surface area (Å²) in [6.07, 6.45) is 6.73. The van der Waals surface area contributed by atoms with E-state index in [4.69, 9.17) is 16.6 Å². The number of hydrogen-bond acceptors (Lipinski definition) is 3. The van der Waals surface area contributed by atoms with Crippen molar-refractivity contribution in [3.63, 3.8) is 0 Å². The molecule has 3 aromatic heterocycles. The van der Waals surface area contributed by atoms with Gasteiger partial charge in [-0.2, -0.15) is 5.10 Å². The molecular formula is C15H13ClN4. The van der Waals surface area contributed by atoms with E-state index in [1.807, 2.05) is 25.3 Å². The number of nitrogens with zero attached hydrogens (tertiary/aromatic N) is 4. The maximum Gasteiger partial charge on any atom is 0.165 e. The first-order valence-electron chi connectivity index (χ1n) is 6.72. The molecular weight excluding hydrogens is 272 g/mol. The van der Waals surface area contributed by atoms with E-state index in [0.29, 0.717) is 5.15 Å². The van der Waals surface area contributed by atoms with Crippen molar-refractivity contribution >= 4 is 17.2 Å². The van der Waals surface area contributed by atoms with Crippen LogP contribution in [0.3, 0.4) is 0 Å². The zero-order valence-corrected chi connectivity index (χ0v) is 11.9. The van der Waals surface area contributed by atoms with Crippen molar-refractivity contribution < 1.29 is 0 Å². The summed E-state index contributed by atoms with van der Waals surface area (Å²) in [4.78, 5) is 8.99. The van der Waals surface area contributed by atoms with Gasteiger partial charge in [-0.05, 0) is 32.3 Å². The number of hydrogen-bond donors (Lipinski definition) is 0. The lowest BCUT2D eigenvalue weighted by Crippen LogP contribution is -1.99. The van der Waals surface area contributed by atoms with Gasteiger partial charge in [0.25, 0.3) is 0 Å².